The number of benzene rings is 1. The van der Waals surface area contributed by atoms with Gasteiger partial charge in [0.2, 0.25) is 0 Å². The average Bonchev–Trinajstić information content (AvgIpc) is 2.58. The van der Waals surface area contributed by atoms with Gasteiger partial charge in [0.25, 0.3) is 0 Å². The number of hydrogen-bond donors (Lipinski definition) is 1. The Bertz CT molecular complexity index is 489. The number of aliphatic hydroxyl groups is 1. The molecule has 1 aliphatic heterocycles. The number of ether oxygens (including phenoxy) is 2. The summed E-state index contributed by atoms with van der Waals surface area (Å²) in [5, 5.41) is 10.9. The Labute approximate surface area is 174 Å². The van der Waals surface area contributed by atoms with Crippen LogP contribution in [0.25, 0.3) is 0 Å². The number of hydrogen-bond acceptors (Lipinski definition) is 5. The monoisotopic (exact) mass is 428 g/mol. The molecule has 0 aromatic heterocycles. The quantitative estimate of drug-likeness (QED) is 0.654. The normalized spacial score (nSPS) is 16.1. The number of rotatable bonds is 9. The van der Waals surface area contributed by atoms with Gasteiger partial charge in [0, 0.05) is 38.8 Å². The molecule has 0 aliphatic carbocycles. The van der Waals surface area contributed by atoms with Crippen molar-refractivity contribution in [2.45, 2.75) is 26.0 Å². The molecule has 0 bridgehead atoms. The van der Waals surface area contributed by atoms with E-state index in [4.69, 9.17) is 21.1 Å². The number of halogens is 3. The highest BCUT2D eigenvalue weighted by molar-refractivity contribution is 6.32. The van der Waals surface area contributed by atoms with Gasteiger partial charge in [0.15, 0.2) is 0 Å². The number of morpholine rings is 1. The highest BCUT2D eigenvalue weighted by Crippen LogP contribution is 2.23. The maximum absolute atomic E-state index is 10.3. The zero-order valence-electron chi connectivity index (χ0n) is 15.5. The van der Waals surface area contributed by atoms with Crippen molar-refractivity contribution in [3.05, 3.63) is 29.3 Å². The molecular weight excluding hydrogens is 399 g/mol. The van der Waals surface area contributed by atoms with Crippen molar-refractivity contribution in [1.29, 1.82) is 0 Å². The summed E-state index contributed by atoms with van der Waals surface area (Å²) >= 11 is 6.07. The summed E-state index contributed by atoms with van der Waals surface area (Å²) < 4.78 is 11.0. The van der Waals surface area contributed by atoms with Crippen LogP contribution >= 0.6 is 36.4 Å². The van der Waals surface area contributed by atoms with E-state index >= 15 is 0 Å². The summed E-state index contributed by atoms with van der Waals surface area (Å²) in [6, 6.07) is 7.70. The molecule has 2 rings (SSSR count). The summed E-state index contributed by atoms with van der Waals surface area (Å²) in [7, 11) is 0. The number of para-hydroxylation sites is 1. The predicted octanol–water partition coefficient (Wildman–Crippen LogP) is 2.97. The zero-order chi connectivity index (χ0) is 17.4. The molecule has 1 fully saturated rings. The smallest absolute Gasteiger partial charge is 0.138 e. The van der Waals surface area contributed by atoms with E-state index in [2.05, 4.69) is 23.6 Å². The van der Waals surface area contributed by atoms with Gasteiger partial charge >= 0.3 is 0 Å². The van der Waals surface area contributed by atoms with Gasteiger partial charge in [-0.1, -0.05) is 23.7 Å². The second kappa shape index (κ2) is 13.8. The molecule has 1 N–H and O–H groups in total. The second-order valence-electron chi connectivity index (χ2n) is 6.44. The zero-order valence-corrected chi connectivity index (χ0v) is 17.9. The summed E-state index contributed by atoms with van der Waals surface area (Å²) in [5.74, 6) is 0.614. The second-order valence-corrected chi connectivity index (χ2v) is 6.85. The van der Waals surface area contributed by atoms with E-state index < -0.39 is 6.10 Å². The van der Waals surface area contributed by atoms with Crippen molar-refractivity contribution in [1.82, 2.24) is 9.80 Å². The van der Waals surface area contributed by atoms with E-state index in [-0.39, 0.29) is 31.4 Å². The lowest BCUT2D eigenvalue weighted by molar-refractivity contribution is 0.0221. The molecule has 0 radical (unpaired) electrons. The lowest BCUT2D eigenvalue weighted by Gasteiger charge is -2.33. The fraction of sp³-hybridized carbons (Fsp3) is 0.667. The number of aliphatic hydroxyl groups excluding tert-OH is 1. The molecular formula is C18H31Cl3N2O3. The van der Waals surface area contributed by atoms with Crippen LogP contribution in [0.5, 0.6) is 5.75 Å². The minimum absolute atomic E-state index is 0. The maximum Gasteiger partial charge on any atom is 0.138 e. The van der Waals surface area contributed by atoms with Gasteiger partial charge in [0.1, 0.15) is 18.5 Å². The standard InChI is InChI=1S/C18H29ClN2O3.2ClH/c1-15(2)21(8-7-20-9-11-23-12-10-20)13-16(22)14-24-18-6-4-3-5-17(18)19;;/h3-6,15-16,22H,7-14H2,1-2H3;2*1H. The molecule has 8 heteroatoms. The molecule has 0 spiro atoms. The summed E-state index contributed by atoms with van der Waals surface area (Å²) in [6.07, 6.45) is -0.548. The minimum atomic E-state index is -0.548. The van der Waals surface area contributed by atoms with Gasteiger partial charge < -0.3 is 14.6 Å². The molecule has 5 nitrogen and oxygen atoms in total. The van der Waals surface area contributed by atoms with E-state index in [1.807, 2.05) is 18.2 Å². The number of nitrogens with zero attached hydrogens (tertiary/aromatic N) is 2. The third-order valence-electron chi connectivity index (χ3n) is 4.25. The molecule has 1 atom stereocenters. The van der Waals surface area contributed by atoms with Gasteiger partial charge in [-0.2, -0.15) is 0 Å². The van der Waals surface area contributed by atoms with Crippen molar-refractivity contribution >= 4 is 36.4 Å². The summed E-state index contributed by atoms with van der Waals surface area (Å²) in [4.78, 5) is 4.70. The fourth-order valence-corrected chi connectivity index (χ4v) is 2.92. The Kier molecular flexibility index (Phi) is 13.7. The van der Waals surface area contributed by atoms with E-state index in [9.17, 15) is 5.11 Å². The third-order valence-corrected chi connectivity index (χ3v) is 4.56. The van der Waals surface area contributed by atoms with Crippen LogP contribution in [-0.4, -0.2) is 79.6 Å². The Morgan fingerprint density at radius 2 is 1.88 bits per heavy atom. The van der Waals surface area contributed by atoms with Crippen LogP contribution in [0.4, 0.5) is 0 Å². The van der Waals surface area contributed by atoms with Gasteiger partial charge in [-0.05, 0) is 26.0 Å². The Balaban J connectivity index is 0.00000312. The first-order valence-electron chi connectivity index (χ1n) is 8.66. The molecule has 1 aliphatic rings. The molecule has 1 heterocycles. The van der Waals surface area contributed by atoms with Crippen molar-refractivity contribution in [3.8, 4) is 5.75 Å². The first-order valence-corrected chi connectivity index (χ1v) is 9.03. The third kappa shape index (κ3) is 9.09. The van der Waals surface area contributed by atoms with Crippen molar-refractivity contribution in [2.24, 2.45) is 0 Å². The van der Waals surface area contributed by atoms with E-state index in [1.165, 1.54) is 0 Å². The molecule has 0 amide bonds. The molecule has 1 aromatic rings. The first-order chi connectivity index (χ1) is 11.6. The highest BCUT2D eigenvalue weighted by Gasteiger charge is 2.18. The van der Waals surface area contributed by atoms with E-state index in [1.54, 1.807) is 6.07 Å². The molecule has 1 aromatic carbocycles. The average molecular weight is 430 g/mol. The van der Waals surface area contributed by atoms with Gasteiger partial charge in [-0.3, -0.25) is 9.80 Å². The van der Waals surface area contributed by atoms with Gasteiger partial charge in [-0.15, -0.1) is 24.8 Å². The lowest BCUT2D eigenvalue weighted by Crippen LogP contribution is -2.46. The van der Waals surface area contributed by atoms with Crippen molar-refractivity contribution < 1.29 is 14.6 Å². The van der Waals surface area contributed by atoms with Crippen LogP contribution < -0.4 is 4.74 Å². The van der Waals surface area contributed by atoms with Crippen molar-refractivity contribution in [2.75, 3.05) is 52.5 Å². The maximum atomic E-state index is 10.3. The topological polar surface area (TPSA) is 45.2 Å². The van der Waals surface area contributed by atoms with Crippen LogP contribution in [0.1, 0.15) is 13.8 Å². The van der Waals surface area contributed by atoms with Gasteiger partial charge in [0.05, 0.1) is 18.2 Å². The summed E-state index contributed by atoms with van der Waals surface area (Å²) in [6.45, 7) is 10.7. The Morgan fingerprint density at radius 3 is 2.50 bits per heavy atom. The Morgan fingerprint density at radius 1 is 1.23 bits per heavy atom. The molecule has 26 heavy (non-hydrogen) atoms. The van der Waals surface area contributed by atoms with Crippen LogP contribution in [0.2, 0.25) is 5.02 Å². The molecule has 1 unspecified atom stereocenters. The van der Waals surface area contributed by atoms with Crippen molar-refractivity contribution in [3.63, 3.8) is 0 Å². The molecule has 0 saturated carbocycles. The highest BCUT2D eigenvalue weighted by atomic mass is 35.5. The first kappa shape index (κ1) is 25.7. The van der Waals surface area contributed by atoms with Crippen LogP contribution in [0.3, 0.4) is 0 Å². The fourth-order valence-electron chi connectivity index (χ4n) is 2.73. The predicted molar refractivity (Wildman–Crippen MR) is 111 cm³/mol. The minimum Gasteiger partial charge on any atom is -0.489 e. The summed E-state index contributed by atoms with van der Waals surface area (Å²) in [5.41, 5.74) is 0. The van der Waals surface area contributed by atoms with E-state index in [0.29, 0.717) is 23.4 Å². The Hall–Kier alpha value is -0.270. The molecule has 152 valence electrons. The van der Waals surface area contributed by atoms with Crippen LogP contribution in [0.15, 0.2) is 24.3 Å². The van der Waals surface area contributed by atoms with Crippen LogP contribution in [-0.2, 0) is 4.74 Å². The molecule has 1 saturated heterocycles. The van der Waals surface area contributed by atoms with E-state index in [0.717, 1.165) is 39.4 Å². The van der Waals surface area contributed by atoms with Gasteiger partial charge in [-0.25, -0.2) is 0 Å². The SMILES string of the molecule is CC(C)N(CCN1CCOCC1)CC(O)COc1ccccc1Cl.Cl.Cl. The van der Waals surface area contributed by atoms with Crippen LogP contribution in [0, 0.1) is 0 Å². The lowest BCUT2D eigenvalue weighted by atomic mass is 10.2. The largest absolute Gasteiger partial charge is 0.489 e.